The third-order valence-corrected chi connectivity index (χ3v) is 8.29. The first-order valence-corrected chi connectivity index (χ1v) is 13.1. The van der Waals surface area contributed by atoms with Crippen LogP contribution in [0.5, 0.6) is 0 Å². The fourth-order valence-electron chi connectivity index (χ4n) is 5.23. The van der Waals surface area contributed by atoms with E-state index in [-0.39, 0.29) is 0 Å². The molecule has 1 unspecified atom stereocenters. The number of hydrogen-bond acceptors (Lipinski definition) is 4. The molecule has 0 bridgehead atoms. The number of benzene rings is 3. The summed E-state index contributed by atoms with van der Waals surface area (Å²) in [6.07, 6.45) is 4.43. The first-order chi connectivity index (χ1) is 16.2. The van der Waals surface area contributed by atoms with Gasteiger partial charge in [-0.25, -0.2) is 0 Å². The summed E-state index contributed by atoms with van der Waals surface area (Å²) in [6.45, 7) is 4.41. The third kappa shape index (κ3) is 4.14. The Morgan fingerprint density at radius 1 is 1.00 bits per heavy atom. The van der Waals surface area contributed by atoms with E-state index < -0.39 is 0 Å². The van der Waals surface area contributed by atoms with Gasteiger partial charge in [0.2, 0.25) is 0 Å². The highest BCUT2D eigenvalue weighted by molar-refractivity contribution is 7.99. The van der Waals surface area contributed by atoms with Gasteiger partial charge in [0.05, 0.1) is 5.69 Å². The van der Waals surface area contributed by atoms with Crippen LogP contribution in [0, 0.1) is 6.92 Å². The second-order valence-electron chi connectivity index (χ2n) is 9.25. The van der Waals surface area contributed by atoms with Crippen molar-refractivity contribution in [1.82, 2.24) is 9.88 Å². The van der Waals surface area contributed by atoms with Crippen molar-refractivity contribution in [3.05, 3.63) is 89.6 Å². The highest BCUT2D eigenvalue weighted by Gasteiger charge is 2.27. The van der Waals surface area contributed by atoms with Crippen molar-refractivity contribution >= 4 is 33.9 Å². The quantitative estimate of drug-likeness (QED) is 0.369. The van der Waals surface area contributed by atoms with Gasteiger partial charge in [0.1, 0.15) is 0 Å². The van der Waals surface area contributed by atoms with E-state index in [0.29, 0.717) is 0 Å². The Hall–Kier alpha value is -2.82. The van der Waals surface area contributed by atoms with E-state index in [1.807, 2.05) is 6.20 Å². The molecule has 1 atom stereocenters. The predicted molar refractivity (Wildman–Crippen MR) is 141 cm³/mol. The second kappa shape index (κ2) is 8.85. The van der Waals surface area contributed by atoms with Gasteiger partial charge in [-0.05, 0) is 71.9 Å². The highest BCUT2D eigenvalue weighted by atomic mass is 32.2. The number of pyridine rings is 1. The molecule has 1 N–H and O–H groups in total. The fraction of sp³-hybridized carbons (Fsp3) is 0.276. The van der Waals surface area contributed by atoms with Crippen LogP contribution < -0.4 is 5.32 Å². The molecular weight excluding hydrogens is 422 g/mol. The van der Waals surface area contributed by atoms with Crippen LogP contribution in [0.3, 0.4) is 0 Å². The van der Waals surface area contributed by atoms with Crippen molar-refractivity contribution < 1.29 is 0 Å². The maximum absolute atomic E-state index is 4.77. The van der Waals surface area contributed by atoms with Gasteiger partial charge in [0.25, 0.3) is 0 Å². The van der Waals surface area contributed by atoms with Crippen LogP contribution in [0.25, 0.3) is 22.0 Å². The SMILES string of the molecule is Cc1ccc(Nc2cccc3c2CCN(C2CCSC2)C3)cc1-c1cc2ccccc2cn1. The van der Waals surface area contributed by atoms with Crippen LogP contribution in [0.4, 0.5) is 11.4 Å². The maximum Gasteiger partial charge on any atom is 0.0711 e. The van der Waals surface area contributed by atoms with Crippen LogP contribution in [-0.4, -0.2) is 34.0 Å². The Kier molecular flexibility index (Phi) is 5.57. The number of thioether (sulfide) groups is 1. The molecule has 0 amide bonds. The van der Waals surface area contributed by atoms with Crippen molar-refractivity contribution in [3.8, 4) is 11.3 Å². The molecule has 0 spiro atoms. The van der Waals surface area contributed by atoms with Crippen molar-refractivity contribution in [1.29, 1.82) is 0 Å². The van der Waals surface area contributed by atoms with Gasteiger partial charge >= 0.3 is 0 Å². The van der Waals surface area contributed by atoms with E-state index in [1.165, 1.54) is 56.6 Å². The van der Waals surface area contributed by atoms with Crippen LogP contribution in [-0.2, 0) is 13.0 Å². The van der Waals surface area contributed by atoms with Gasteiger partial charge < -0.3 is 5.32 Å². The lowest BCUT2D eigenvalue weighted by atomic mass is 9.96. The molecule has 0 aliphatic carbocycles. The number of hydrogen-bond donors (Lipinski definition) is 1. The van der Waals surface area contributed by atoms with Crippen LogP contribution in [0.2, 0.25) is 0 Å². The minimum atomic E-state index is 0.758. The van der Waals surface area contributed by atoms with Crippen molar-refractivity contribution in [2.24, 2.45) is 0 Å². The standard InChI is InChI=1S/C29H29N3S/c1-20-9-10-24(16-27(20)29-15-21-5-2-3-6-22(21)17-30-29)31-28-8-4-7-23-18-32(13-11-26(23)28)25-12-14-33-19-25/h2-10,15-17,25,31H,11-14,18-19H2,1H3. The zero-order valence-electron chi connectivity index (χ0n) is 19.1. The van der Waals surface area contributed by atoms with E-state index in [0.717, 1.165) is 36.9 Å². The topological polar surface area (TPSA) is 28.2 Å². The Labute approximate surface area is 200 Å². The lowest BCUT2D eigenvalue weighted by molar-refractivity contribution is 0.195. The summed E-state index contributed by atoms with van der Waals surface area (Å²) in [5, 5.41) is 6.14. The van der Waals surface area contributed by atoms with E-state index in [2.05, 4.69) is 95.6 Å². The van der Waals surface area contributed by atoms with Crippen molar-refractivity contribution in [2.45, 2.75) is 32.4 Å². The molecule has 6 rings (SSSR count). The summed E-state index contributed by atoms with van der Waals surface area (Å²) in [5.74, 6) is 2.61. The van der Waals surface area contributed by atoms with E-state index in [1.54, 1.807) is 0 Å². The summed E-state index contributed by atoms with van der Waals surface area (Å²) in [7, 11) is 0. The summed E-state index contributed by atoms with van der Waals surface area (Å²) in [5.41, 5.74) is 8.76. The molecule has 3 nitrogen and oxygen atoms in total. The zero-order chi connectivity index (χ0) is 22.2. The monoisotopic (exact) mass is 451 g/mol. The predicted octanol–water partition coefficient (Wildman–Crippen LogP) is 6.82. The minimum Gasteiger partial charge on any atom is -0.355 e. The number of anilines is 2. The van der Waals surface area contributed by atoms with Crippen molar-refractivity contribution in [2.75, 3.05) is 23.4 Å². The molecule has 166 valence electrons. The third-order valence-electron chi connectivity index (χ3n) is 7.14. The average molecular weight is 452 g/mol. The molecule has 1 saturated heterocycles. The normalized spacial score (nSPS) is 18.4. The summed E-state index contributed by atoms with van der Waals surface area (Å²) in [6, 6.07) is 24.7. The number of fused-ring (bicyclic) bond motifs is 2. The number of aryl methyl sites for hydroxylation is 1. The summed E-state index contributed by atoms with van der Waals surface area (Å²) in [4.78, 5) is 7.46. The zero-order valence-corrected chi connectivity index (χ0v) is 19.9. The smallest absolute Gasteiger partial charge is 0.0711 e. The summed E-state index contributed by atoms with van der Waals surface area (Å²) >= 11 is 2.10. The Balaban J connectivity index is 1.28. The molecule has 2 aliphatic rings. The number of nitrogens with one attached hydrogen (secondary N) is 1. The minimum absolute atomic E-state index is 0.758. The molecule has 3 aromatic carbocycles. The maximum atomic E-state index is 4.77. The molecule has 3 heterocycles. The lowest BCUT2D eigenvalue weighted by Crippen LogP contribution is -2.39. The lowest BCUT2D eigenvalue weighted by Gasteiger charge is -2.34. The first-order valence-electron chi connectivity index (χ1n) is 11.9. The van der Waals surface area contributed by atoms with Gasteiger partial charge in [-0.1, -0.05) is 42.5 Å². The Bertz CT molecular complexity index is 1310. The van der Waals surface area contributed by atoms with Gasteiger partial charge in [0.15, 0.2) is 0 Å². The van der Waals surface area contributed by atoms with Crippen LogP contribution >= 0.6 is 11.8 Å². The number of aromatic nitrogens is 1. The van der Waals surface area contributed by atoms with Gasteiger partial charge in [-0.3, -0.25) is 9.88 Å². The molecule has 4 heteroatoms. The molecule has 4 aromatic rings. The summed E-state index contributed by atoms with van der Waals surface area (Å²) < 4.78 is 0. The van der Waals surface area contributed by atoms with E-state index in [4.69, 9.17) is 4.98 Å². The van der Waals surface area contributed by atoms with Crippen LogP contribution in [0.15, 0.2) is 72.9 Å². The van der Waals surface area contributed by atoms with Gasteiger partial charge in [-0.2, -0.15) is 11.8 Å². The van der Waals surface area contributed by atoms with Crippen LogP contribution in [0.1, 0.15) is 23.1 Å². The first kappa shape index (κ1) is 20.8. The Morgan fingerprint density at radius 2 is 1.91 bits per heavy atom. The Morgan fingerprint density at radius 3 is 2.79 bits per heavy atom. The molecule has 2 aliphatic heterocycles. The molecular formula is C29H29N3S. The van der Waals surface area contributed by atoms with Gasteiger partial charge in [-0.15, -0.1) is 0 Å². The molecule has 33 heavy (non-hydrogen) atoms. The van der Waals surface area contributed by atoms with E-state index >= 15 is 0 Å². The fourth-order valence-corrected chi connectivity index (χ4v) is 6.49. The number of nitrogens with zero attached hydrogens (tertiary/aromatic N) is 2. The largest absolute Gasteiger partial charge is 0.355 e. The molecule has 1 fully saturated rings. The average Bonchev–Trinajstić information content (AvgIpc) is 3.40. The molecule has 1 aromatic heterocycles. The molecule has 0 radical (unpaired) electrons. The van der Waals surface area contributed by atoms with Crippen molar-refractivity contribution in [3.63, 3.8) is 0 Å². The van der Waals surface area contributed by atoms with Gasteiger partial charge in [0, 0.05) is 53.4 Å². The van der Waals surface area contributed by atoms with E-state index in [9.17, 15) is 0 Å². The molecule has 0 saturated carbocycles. The highest BCUT2D eigenvalue weighted by Crippen LogP contribution is 2.34. The second-order valence-corrected chi connectivity index (χ2v) is 10.4. The number of rotatable bonds is 4.